The van der Waals surface area contributed by atoms with Crippen LogP contribution in [0.3, 0.4) is 0 Å². The fourth-order valence-corrected chi connectivity index (χ4v) is 3.65. The largest absolute Gasteiger partial charge is 0.417 e. The van der Waals surface area contributed by atoms with Gasteiger partial charge >= 0.3 is 6.18 Å². The van der Waals surface area contributed by atoms with E-state index in [9.17, 15) is 13.2 Å². The van der Waals surface area contributed by atoms with Gasteiger partial charge in [-0.3, -0.25) is 14.9 Å². The lowest BCUT2D eigenvalue weighted by Crippen LogP contribution is -2.36. The zero-order valence-corrected chi connectivity index (χ0v) is 16.0. The summed E-state index contributed by atoms with van der Waals surface area (Å²) in [5.41, 5.74) is 3.34. The first-order valence-corrected chi connectivity index (χ1v) is 9.64. The Morgan fingerprint density at radius 1 is 0.867 bits per heavy atom. The summed E-state index contributed by atoms with van der Waals surface area (Å²) in [6, 6.07) is 8.96. The van der Waals surface area contributed by atoms with Crippen molar-refractivity contribution in [3.8, 4) is 16.8 Å². The molecule has 1 aliphatic heterocycles. The van der Waals surface area contributed by atoms with Gasteiger partial charge in [0.25, 0.3) is 0 Å². The van der Waals surface area contributed by atoms with Gasteiger partial charge in [0.05, 0.1) is 29.2 Å². The minimum atomic E-state index is -4.45. The van der Waals surface area contributed by atoms with Gasteiger partial charge < -0.3 is 0 Å². The maximum absolute atomic E-state index is 13.0. The number of likely N-dealkylation sites (tertiary alicyclic amines) is 1. The Balaban J connectivity index is 1.48. The lowest BCUT2D eigenvalue weighted by molar-refractivity contribution is -0.137. The standard InChI is InChI=1S/C22H18F3N5/c23-22(24,25)19-8-20(13-27-12-19)30-21-3-2-16(7-18(21)11-28-30)17-6-15(9-26-10-17)14-29-4-1-5-29/h2-3,6-13H,1,4-5,14H2. The number of fused-ring (bicyclic) bond motifs is 1. The summed E-state index contributed by atoms with van der Waals surface area (Å²) in [5.74, 6) is 0. The monoisotopic (exact) mass is 409 g/mol. The molecule has 0 radical (unpaired) electrons. The van der Waals surface area contributed by atoms with Gasteiger partial charge in [0.1, 0.15) is 0 Å². The van der Waals surface area contributed by atoms with Crippen molar-refractivity contribution in [3.05, 3.63) is 72.4 Å². The third kappa shape index (κ3) is 3.54. The van der Waals surface area contributed by atoms with Crippen molar-refractivity contribution in [2.24, 2.45) is 0 Å². The van der Waals surface area contributed by atoms with Crippen LogP contribution in [0.2, 0.25) is 0 Å². The minimum Gasteiger partial charge on any atom is -0.299 e. The number of alkyl halides is 3. The smallest absolute Gasteiger partial charge is 0.299 e. The average Bonchev–Trinajstić information content (AvgIpc) is 3.14. The van der Waals surface area contributed by atoms with Crippen LogP contribution in [-0.4, -0.2) is 37.7 Å². The normalized spacial score (nSPS) is 14.8. The van der Waals surface area contributed by atoms with Crippen molar-refractivity contribution >= 4 is 10.9 Å². The second kappa shape index (κ2) is 7.21. The Morgan fingerprint density at radius 2 is 1.70 bits per heavy atom. The van der Waals surface area contributed by atoms with Gasteiger partial charge in [-0.15, -0.1) is 0 Å². The van der Waals surface area contributed by atoms with Gasteiger partial charge in [-0.2, -0.15) is 18.3 Å². The molecule has 0 atom stereocenters. The average molecular weight is 409 g/mol. The van der Waals surface area contributed by atoms with Crippen LogP contribution in [0.5, 0.6) is 0 Å². The number of aromatic nitrogens is 4. The molecule has 0 saturated carbocycles. The van der Waals surface area contributed by atoms with E-state index >= 15 is 0 Å². The molecule has 0 spiro atoms. The molecule has 4 aromatic rings. The van der Waals surface area contributed by atoms with Gasteiger partial charge in [0.2, 0.25) is 0 Å². The van der Waals surface area contributed by atoms with Crippen LogP contribution in [-0.2, 0) is 12.7 Å². The van der Waals surface area contributed by atoms with Gasteiger partial charge in [-0.1, -0.05) is 6.07 Å². The summed E-state index contributed by atoms with van der Waals surface area (Å²) in [6.07, 6.45) is 4.34. The second-order valence-electron chi connectivity index (χ2n) is 7.47. The molecule has 0 N–H and O–H groups in total. The summed E-state index contributed by atoms with van der Waals surface area (Å²) in [6.45, 7) is 3.14. The van der Waals surface area contributed by atoms with Crippen LogP contribution in [0.4, 0.5) is 13.2 Å². The first-order valence-electron chi connectivity index (χ1n) is 9.64. The Hall–Kier alpha value is -3.26. The summed E-state index contributed by atoms with van der Waals surface area (Å²) >= 11 is 0. The van der Waals surface area contributed by atoms with Crippen molar-refractivity contribution in [3.63, 3.8) is 0 Å². The zero-order valence-electron chi connectivity index (χ0n) is 16.0. The highest BCUT2D eigenvalue weighted by Gasteiger charge is 2.31. The van der Waals surface area contributed by atoms with E-state index in [0.717, 1.165) is 54.0 Å². The van der Waals surface area contributed by atoms with Crippen LogP contribution in [0.15, 0.2) is 61.3 Å². The summed E-state index contributed by atoms with van der Waals surface area (Å²) in [5, 5.41) is 5.12. The molecule has 3 aromatic heterocycles. The van der Waals surface area contributed by atoms with Crippen molar-refractivity contribution < 1.29 is 13.2 Å². The topological polar surface area (TPSA) is 46.8 Å². The first-order chi connectivity index (χ1) is 14.5. The van der Waals surface area contributed by atoms with Crippen LogP contribution >= 0.6 is 0 Å². The highest BCUT2D eigenvalue weighted by atomic mass is 19.4. The molecular formula is C22H18F3N5. The molecule has 5 rings (SSSR count). The van der Waals surface area contributed by atoms with Gasteiger partial charge in [0.15, 0.2) is 0 Å². The molecular weight excluding hydrogens is 391 g/mol. The summed E-state index contributed by atoms with van der Waals surface area (Å²) < 4.78 is 40.5. The molecule has 0 unspecified atom stereocenters. The van der Waals surface area contributed by atoms with E-state index in [4.69, 9.17) is 0 Å². The van der Waals surface area contributed by atoms with Crippen LogP contribution in [0.1, 0.15) is 17.5 Å². The molecule has 152 valence electrons. The quantitative estimate of drug-likeness (QED) is 0.490. The number of benzene rings is 1. The maximum atomic E-state index is 13.0. The first kappa shape index (κ1) is 18.7. The summed E-state index contributed by atoms with van der Waals surface area (Å²) in [4.78, 5) is 10.5. The SMILES string of the molecule is FC(F)(F)c1cncc(-n2ncc3cc(-c4cncc(CN5CCC5)c4)ccc32)c1. The summed E-state index contributed by atoms with van der Waals surface area (Å²) in [7, 11) is 0. The molecule has 0 bridgehead atoms. The highest BCUT2D eigenvalue weighted by molar-refractivity contribution is 5.85. The van der Waals surface area contributed by atoms with E-state index in [-0.39, 0.29) is 5.69 Å². The van der Waals surface area contributed by atoms with Crippen LogP contribution in [0, 0.1) is 0 Å². The van der Waals surface area contributed by atoms with Crippen molar-refractivity contribution in [2.75, 3.05) is 13.1 Å². The predicted octanol–water partition coefficient (Wildman–Crippen LogP) is 4.71. The van der Waals surface area contributed by atoms with Crippen molar-refractivity contribution in [1.82, 2.24) is 24.6 Å². The van der Waals surface area contributed by atoms with Crippen LogP contribution < -0.4 is 0 Å². The van der Waals surface area contributed by atoms with Gasteiger partial charge in [0, 0.05) is 36.1 Å². The molecule has 1 aromatic carbocycles. The third-order valence-electron chi connectivity index (χ3n) is 5.35. The molecule has 1 saturated heterocycles. The number of hydrogen-bond donors (Lipinski definition) is 0. The minimum absolute atomic E-state index is 0.269. The van der Waals surface area contributed by atoms with E-state index < -0.39 is 11.7 Å². The molecule has 5 nitrogen and oxygen atoms in total. The lowest BCUT2D eigenvalue weighted by atomic mass is 10.0. The van der Waals surface area contributed by atoms with E-state index in [1.165, 1.54) is 17.3 Å². The zero-order chi connectivity index (χ0) is 20.7. The van der Waals surface area contributed by atoms with Gasteiger partial charge in [-0.25, -0.2) is 4.68 Å². The molecule has 1 fully saturated rings. The molecule has 0 amide bonds. The second-order valence-corrected chi connectivity index (χ2v) is 7.47. The fraction of sp³-hybridized carbons (Fsp3) is 0.227. The number of hydrogen-bond acceptors (Lipinski definition) is 4. The van der Waals surface area contributed by atoms with E-state index in [2.05, 4.69) is 26.0 Å². The van der Waals surface area contributed by atoms with E-state index in [1.807, 2.05) is 30.6 Å². The van der Waals surface area contributed by atoms with E-state index in [1.54, 1.807) is 6.20 Å². The van der Waals surface area contributed by atoms with Crippen molar-refractivity contribution in [2.45, 2.75) is 19.1 Å². The molecule has 30 heavy (non-hydrogen) atoms. The van der Waals surface area contributed by atoms with Gasteiger partial charge in [-0.05, 0) is 54.9 Å². The lowest BCUT2D eigenvalue weighted by Gasteiger charge is -2.30. The predicted molar refractivity (Wildman–Crippen MR) is 107 cm³/mol. The Morgan fingerprint density at radius 3 is 2.47 bits per heavy atom. The van der Waals surface area contributed by atoms with E-state index in [0.29, 0.717) is 5.52 Å². The van der Waals surface area contributed by atoms with Crippen LogP contribution in [0.25, 0.3) is 27.7 Å². The number of halogens is 3. The van der Waals surface area contributed by atoms with Crippen molar-refractivity contribution in [1.29, 1.82) is 0 Å². The Kier molecular flexibility index (Phi) is 4.51. The molecule has 0 aliphatic carbocycles. The highest BCUT2D eigenvalue weighted by Crippen LogP contribution is 2.31. The number of rotatable bonds is 4. The molecule has 4 heterocycles. The Bertz CT molecular complexity index is 1210. The number of nitrogens with zero attached hydrogens (tertiary/aromatic N) is 5. The maximum Gasteiger partial charge on any atom is 0.417 e. The third-order valence-corrected chi connectivity index (χ3v) is 5.35. The molecule has 1 aliphatic rings. The number of pyridine rings is 2. The Labute approximate surface area is 170 Å². The molecule has 8 heteroatoms. The fourth-order valence-electron chi connectivity index (χ4n) is 3.65.